The fourth-order valence-electron chi connectivity index (χ4n) is 1.46. The van der Waals surface area contributed by atoms with Gasteiger partial charge in [0.05, 0.1) is 12.7 Å². The zero-order valence-corrected chi connectivity index (χ0v) is 8.74. The second-order valence-electron chi connectivity index (χ2n) is 3.23. The first-order valence-corrected chi connectivity index (χ1v) is 4.72. The number of hydrogen-bond donors (Lipinski definition) is 1. The van der Waals surface area contributed by atoms with Crippen molar-refractivity contribution in [2.24, 2.45) is 0 Å². The number of rotatable bonds is 5. The van der Waals surface area contributed by atoms with Crippen LogP contribution in [0.3, 0.4) is 0 Å². The summed E-state index contributed by atoms with van der Waals surface area (Å²) in [7, 11) is 1.30. The van der Waals surface area contributed by atoms with E-state index in [0.717, 1.165) is 0 Å². The SMILES string of the molecule is COc1c(CCC(=O)O)cccc1C(F)F. The Morgan fingerprint density at radius 1 is 1.50 bits per heavy atom. The molecule has 0 heterocycles. The molecule has 88 valence electrons. The molecule has 0 bridgehead atoms. The number of carbonyl (C=O) groups is 1. The number of hydrogen-bond acceptors (Lipinski definition) is 2. The molecule has 0 aliphatic carbocycles. The van der Waals surface area contributed by atoms with Gasteiger partial charge in [0.15, 0.2) is 0 Å². The Morgan fingerprint density at radius 2 is 2.19 bits per heavy atom. The van der Waals surface area contributed by atoms with Crippen molar-refractivity contribution in [1.82, 2.24) is 0 Å². The van der Waals surface area contributed by atoms with Crippen molar-refractivity contribution in [3.63, 3.8) is 0 Å². The van der Waals surface area contributed by atoms with Gasteiger partial charge >= 0.3 is 5.97 Å². The summed E-state index contributed by atoms with van der Waals surface area (Å²) in [5.74, 6) is -0.886. The lowest BCUT2D eigenvalue weighted by molar-refractivity contribution is -0.136. The van der Waals surface area contributed by atoms with Crippen LogP contribution < -0.4 is 4.74 Å². The Labute approximate surface area is 91.7 Å². The first-order chi connectivity index (χ1) is 7.56. The summed E-state index contributed by atoms with van der Waals surface area (Å²) in [6, 6.07) is 4.34. The Morgan fingerprint density at radius 3 is 2.69 bits per heavy atom. The summed E-state index contributed by atoms with van der Waals surface area (Å²) >= 11 is 0. The Balaban J connectivity index is 2.99. The van der Waals surface area contributed by atoms with Gasteiger partial charge in [0.2, 0.25) is 0 Å². The number of carboxylic acid groups (broad SMARTS) is 1. The van der Waals surface area contributed by atoms with Crippen molar-refractivity contribution in [3.8, 4) is 5.75 Å². The molecule has 1 aromatic rings. The molecule has 0 atom stereocenters. The van der Waals surface area contributed by atoms with Crippen molar-refractivity contribution in [2.45, 2.75) is 19.3 Å². The highest BCUT2D eigenvalue weighted by molar-refractivity contribution is 5.67. The highest BCUT2D eigenvalue weighted by Crippen LogP contribution is 2.32. The Hall–Kier alpha value is -1.65. The molecule has 1 rings (SSSR count). The molecule has 0 spiro atoms. The predicted molar refractivity (Wildman–Crippen MR) is 53.9 cm³/mol. The number of aryl methyl sites for hydroxylation is 1. The second kappa shape index (κ2) is 5.44. The molecule has 1 aromatic carbocycles. The van der Waals surface area contributed by atoms with E-state index in [0.29, 0.717) is 5.56 Å². The van der Waals surface area contributed by atoms with E-state index in [1.807, 2.05) is 0 Å². The lowest BCUT2D eigenvalue weighted by Gasteiger charge is -2.12. The standard InChI is InChI=1S/C11H12F2O3/c1-16-10-7(5-6-9(14)15)3-2-4-8(10)11(12)13/h2-4,11H,5-6H2,1H3,(H,14,15). The number of alkyl halides is 2. The van der Waals surface area contributed by atoms with Crippen LogP contribution in [0.15, 0.2) is 18.2 Å². The van der Waals surface area contributed by atoms with Crippen molar-refractivity contribution >= 4 is 5.97 Å². The molecule has 0 aliphatic rings. The quantitative estimate of drug-likeness (QED) is 0.845. The van der Waals surface area contributed by atoms with Crippen LogP contribution in [-0.2, 0) is 11.2 Å². The first-order valence-electron chi connectivity index (χ1n) is 4.72. The van der Waals surface area contributed by atoms with E-state index in [2.05, 4.69) is 0 Å². The van der Waals surface area contributed by atoms with E-state index < -0.39 is 12.4 Å². The van der Waals surface area contributed by atoms with Gasteiger partial charge in [0.25, 0.3) is 6.43 Å². The zero-order valence-electron chi connectivity index (χ0n) is 8.74. The zero-order chi connectivity index (χ0) is 12.1. The van der Waals surface area contributed by atoms with Crippen LogP contribution in [0.25, 0.3) is 0 Å². The molecule has 0 aliphatic heterocycles. The molecular weight excluding hydrogens is 218 g/mol. The third-order valence-corrected chi connectivity index (χ3v) is 2.17. The maximum Gasteiger partial charge on any atom is 0.303 e. The molecule has 16 heavy (non-hydrogen) atoms. The van der Waals surface area contributed by atoms with Gasteiger partial charge in [-0.1, -0.05) is 12.1 Å². The second-order valence-corrected chi connectivity index (χ2v) is 3.23. The highest BCUT2D eigenvalue weighted by atomic mass is 19.3. The van der Waals surface area contributed by atoms with Crippen molar-refractivity contribution in [2.75, 3.05) is 7.11 Å². The van der Waals surface area contributed by atoms with Gasteiger partial charge in [-0.05, 0) is 18.1 Å². The molecule has 0 fully saturated rings. The number of carboxylic acids is 1. The van der Waals surface area contributed by atoms with E-state index in [9.17, 15) is 13.6 Å². The van der Waals surface area contributed by atoms with E-state index >= 15 is 0 Å². The first kappa shape index (κ1) is 12.4. The van der Waals surface area contributed by atoms with E-state index in [4.69, 9.17) is 9.84 Å². The molecule has 0 radical (unpaired) electrons. The van der Waals surface area contributed by atoms with E-state index in [-0.39, 0.29) is 24.2 Å². The topological polar surface area (TPSA) is 46.5 Å². The van der Waals surface area contributed by atoms with Gasteiger partial charge in [-0.3, -0.25) is 4.79 Å². The summed E-state index contributed by atoms with van der Waals surface area (Å²) < 4.78 is 30.1. The van der Waals surface area contributed by atoms with Crippen LogP contribution in [0.1, 0.15) is 24.0 Å². The summed E-state index contributed by atoms with van der Waals surface area (Å²) in [5, 5.41) is 8.53. The smallest absolute Gasteiger partial charge is 0.303 e. The number of aliphatic carboxylic acids is 1. The molecule has 0 amide bonds. The van der Waals surface area contributed by atoms with Crippen LogP contribution in [-0.4, -0.2) is 18.2 Å². The number of methoxy groups -OCH3 is 1. The molecule has 1 N–H and O–H groups in total. The van der Waals surface area contributed by atoms with Crippen molar-refractivity contribution in [1.29, 1.82) is 0 Å². The Kier molecular flexibility index (Phi) is 4.22. The minimum Gasteiger partial charge on any atom is -0.496 e. The van der Waals surface area contributed by atoms with Gasteiger partial charge < -0.3 is 9.84 Å². The highest BCUT2D eigenvalue weighted by Gasteiger charge is 2.16. The minimum atomic E-state index is -2.63. The lowest BCUT2D eigenvalue weighted by atomic mass is 10.0. The maximum atomic E-state index is 12.6. The number of halogens is 2. The molecular formula is C11H12F2O3. The van der Waals surface area contributed by atoms with Gasteiger partial charge in [-0.25, -0.2) is 8.78 Å². The van der Waals surface area contributed by atoms with Gasteiger partial charge in [-0.15, -0.1) is 0 Å². The van der Waals surface area contributed by atoms with E-state index in [1.54, 1.807) is 6.07 Å². The normalized spacial score (nSPS) is 10.5. The van der Waals surface area contributed by atoms with Crippen LogP contribution in [0, 0.1) is 0 Å². The van der Waals surface area contributed by atoms with Crippen LogP contribution in [0.2, 0.25) is 0 Å². The molecule has 5 heteroatoms. The van der Waals surface area contributed by atoms with E-state index in [1.165, 1.54) is 19.2 Å². The van der Waals surface area contributed by atoms with Crippen molar-refractivity contribution in [3.05, 3.63) is 29.3 Å². The predicted octanol–water partition coefficient (Wildman–Crippen LogP) is 2.65. The van der Waals surface area contributed by atoms with Crippen LogP contribution in [0.5, 0.6) is 5.75 Å². The average Bonchev–Trinajstić information content (AvgIpc) is 2.25. The summed E-state index contributed by atoms with van der Waals surface area (Å²) in [6.45, 7) is 0. The number of ether oxygens (including phenoxy) is 1. The molecule has 0 aromatic heterocycles. The average molecular weight is 230 g/mol. The number of para-hydroxylation sites is 1. The van der Waals surface area contributed by atoms with Crippen molar-refractivity contribution < 1.29 is 23.4 Å². The Bertz CT molecular complexity index is 377. The fourth-order valence-corrected chi connectivity index (χ4v) is 1.46. The molecule has 0 saturated heterocycles. The van der Waals surface area contributed by atoms with Gasteiger partial charge in [0, 0.05) is 6.42 Å². The number of benzene rings is 1. The summed E-state index contributed by atoms with van der Waals surface area (Å²) in [6.07, 6.45) is -2.55. The van der Waals surface area contributed by atoms with Gasteiger partial charge in [-0.2, -0.15) is 0 Å². The third kappa shape index (κ3) is 2.92. The molecule has 3 nitrogen and oxygen atoms in total. The fraction of sp³-hybridized carbons (Fsp3) is 0.364. The monoisotopic (exact) mass is 230 g/mol. The summed E-state index contributed by atoms with van der Waals surface area (Å²) in [4.78, 5) is 10.4. The van der Waals surface area contributed by atoms with Crippen LogP contribution in [0.4, 0.5) is 8.78 Å². The van der Waals surface area contributed by atoms with Gasteiger partial charge in [0.1, 0.15) is 5.75 Å². The summed E-state index contributed by atoms with van der Waals surface area (Å²) in [5.41, 5.74) is 0.285. The minimum absolute atomic E-state index is 0.0822. The lowest BCUT2D eigenvalue weighted by Crippen LogP contribution is -2.02. The molecule has 0 saturated carbocycles. The largest absolute Gasteiger partial charge is 0.496 e. The van der Waals surface area contributed by atoms with Crippen LogP contribution >= 0.6 is 0 Å². The maximum absolute atomic E-state index is 12.6. The third-order valence-electron chi connectivity index (χ3n) is 2.17. The molecule has 0 unspecified atom stereocenters.